The van der Waals surface area contributed by atoms with E-state index in [0.29, 0.717) is 12.2 Å². The Kier molecular flexibility index (Phi) is 3.78. The van der Waals surface area contributed by atoms with Gasteiger partial charge in [-0.3, -0.25) is 4.68 Å². The van der Waals surface area contributed by atoms with Crippen LogP contribution in [0.2, 0.25) is 0 Å². The molecular weight excluding hydrogens is 255 g/mol. The van der Waals surface area contributed by atoms with Crippen LogP contribution in [0.1, 0.15) is 18.2 Å². The second kappa shape index (κ2) is 5.34. The molecule has 0 saturated carbocycles. The summed E-state index contributed by atoms with van der Waals surface area (Å²) in [5, 5.41) is 7.31. The van der Waals surface area contributed by atoms with Crippen LogP contribution in [0.3, 0.4) is 0 Å². The summed E-state index contributed by atoms with van der Waals surface area (Å²) in [6, 6.07) is 6.83. The van der Waals surface area contributed by atoms with Crippen LogP contribution in [0.5, 0.6) is 0 Å². The summed E-state index contributed by atoms with van der Waals surface area (Å²) >= 11 is 0. The lowest BCUT2D eigenvalue weighted by Gasteiger charge is -2.08. The van der Waals surface area contributed by atoms with E-state index in [1.807, 2.05) is 19.2 Å². The Bertz CT molecular complexity index is 529. The molecule has 1 aromatic carbocycles. The molecule has 3 nitrogen and oxygen atoms in total. The SMILES string of the molecule is CCn1ccc(CNc2ccc(C(F)(F)F)cc2)n1. The van der Waals surface area contributed by atoms with Gasteiger partial charge in [0, 0.05) is 18.4 Å². The largest absolute Gasteiger partial charge is 0.416 e. The fourth-order valence-corrected chi connectivity index (χ4v) is 1.64. The number of alkyl halides is 3. The first-order valence-corrected chi connectivity index (χ1v) is 5.92. The molecule has 0 bridgehead atoms. The quantitative estimate of drug-likeness (QED) is 0.920. The number of nitrogens with zero attached hydrogens (tertiary/aromatic N) is 2. The number of benzene rings is 1. The highest BCUT2D eigenvalue weighted by Gasteiger charge is 2.29. The average molecular weight is 269 g/mol. The Morgan fingerprint density at radius 3 is 2.37 bits per heavy atom. The minimum Gasteiger partial charge on any atom is -0.379 e. The maximum Gasteiger partial charge on any atom is 0.416 e. The van der Waals surface area contributed by atoms with Crippen molar-refractivity contribution < 1.29 is 13.2 Å². The van der Waals surface area contributed by atoms with Gasteiger partial charge in [-0.15, -0.1) is 0 Å². The summed E-state index contributed by atoms with van der Waals surface area (Å²) in [5.74, 6) is 0. The molecule has 2 rings (SSSR count). The molecule has 19 heavy (non-hydrogen) atoms. The van der Waals surface area contributed by atoms with Crippen molar-refractivity contribution in [1.29, 1.82) is 0 Å². The summed E-state index contributed by atoms with van der Waals surface area (Å²) in [6.07, 6.45) is -2.43. The molecule has 1 N–H and O–H groups in total. The lowest BCUT2D eigenvalue weighted by molar-refractivity contribution is -0.137. The first-order chi connectivity index (χ1) is 8.99. The lowest BCUT2D eigenvalue weighted by atomic mass is 10.2. The smallest absolute Gasteiger partial charge is 0.379 e. The first kappa shape index (κ1) is 13.5. The molecule has 1 aromatic heterocycles. The third-order valence-corrected chi connectivity index (χ3v) is 2.71. The molecule has 0 atom stereocenters. The van der Waals surface area contributed by atoms with Crippen molar-refractivity contribution in [1.82, 2.24) is 9.78 Å². The van der Waals surface area contributed by atoms with E-state index in [4.69, 9.17) is 0 Å². The highest BCUT2D eigenvalue weighted by atomic mass is 19.4. The van der Waals surface area contributed by atoms with E-state index < -0.39 is 11.7 Å². The molecule has 2 aromatic rings. The molecule has 1 heterocycles. The van der Waals surface area contributed by atoms with Crippen molar-refractivity contribution in [2.75, 3.05) is 5.32 Å². The molecule has 0 unspecified atom stereocenters. The first-order valence-electron chi connectivity index (χ1n) is 5.92. The van der Waals surface area contributed by atoms with Gasteiger partial charge in [0.15, 0.2) is 0 Å². The summed E-state index contributed by atoms with van der Waals surface area (Å²) in [7, 11) is 0. The molecule has 0 amide bonds. The van der Waals surface area contributed by atoms with Gasteiger partial charge in [-0.25, -0.2) is 0 Å². The topological polar surface area (TPSA) is 29.9 Å². The normalized spacial score (nSPS) is 11.6. The highest BCUT2D eigenvalue weighted by molar-refractivity contribution is 5.45. The van der Waals surface area contributed by atoms with E-state index in [0.717, 1.165) is 24.4 Å². The number of nitrogens with one attached hydrogen (secondary N) is 1. The number of hydrogen-bond acceptors (Lipinski definition) is 2. The fourth-order valence-electron chi connectivity index (χ4n) is 1.64. The molecular formula is C13H14F3N3. The van der Waals surface area contributed by atoms with Crippen molar-refractivity contribution in [3.05, 3.63) is 47.8 Å². The molecule has 0 aliphatic rings. The lowest BCUT2D eigenvalue weighted by Crippen LogP contribution is -2.05. The van der Waals surface area contributed by atoms with Crippen LogP contribution in [-0.4, -0.2) is 9.78 Å². The summed E-state index contributed by atoms with van der Waals surface area (Å²) in [6.45, 7) is 3.26. The Balaban J connectivity index is 1.96. The van der Waals surface area contributed by atoms with Crippen LogP contribution < -0.4 is 5.32 Å². The van der Waals surface area contributed by atoms with Crippen LogP contribution >= 0.6 is 0 Å². The number of hydrogen-bond donors (Lipinski definition) is 1. The summed E-state index contributed by atoms with van der Waals surface area (Å²) in [5.41, 5.74) is 0.842. The van der Waals surface area contributed by atoms with Gasteiger partial charge in [-0.05, 0) is 37.3 Å². The zero-order valence-electron chi connectivity index (χ0n) is 10.4. The Labute approximate surface area is 109 Å². The summed E-state index contributed by atoms with van der Waals surface area (Å²) in [4.78, 5) is 0. The minimum absolute atomic E-state index is 0.484. The molecule has 0 spiro atoms. The molecule has 0 fully saturated rings. The van der Waals surface area contributed by atoms with Gasteiger partial charge >= 0.3 is 6.18 Å². The Hall–Kier alpha value is -1.98. The third kappa shape index (κ3) is 3.49. The number of aryl methyl sites for hydroxylation is 1. The minimum atomic E-state index is -4.29. The van der Waals surface area contributed by atoms with Crippen LogP contribution in [0.15, 0.2) is 36.5 Å². The fraction of sp³-hybridized carbons (Fsp3) is 0.308. The Morgan fingerprint density at radius 1 is 1.16 bits per heavy atom. The van der Waals surface area contributed by atoms with Gasteiger partial charge < -0.3 is 5.32 Å². The number of halogens is 3. The monoisotopic (exact) mass is 269 g/mol. The number of rotatable bonds is 4. The van der Waals surface area contributed by atoms with Crippen molar-refractivity contribution in [3.63, 3.8) is 0 Å². The molecule has 0 saturated heterocycles. The van der Waals surface area contributed by atoms with Gasteiger partial charge in [0.05, 0.1) is 17.8 Å². The van der Waals surface area contributed by atoms with Crippen molar-refractivity contribution in [2.24, 2.45) is 0 Å². The molecule has 6 heteroatoms. The van der Waals surface area contributed by atoms with Gasteiger partial charge in [-0.2, -0.15) is 18.3 Å². The number of aromatic nitrogens is 2. The maximum absolute atomic E-state index is 12.4. The van der Waals surface area contributed by atoms with Gasteiger partial charge in [0.2, 0.25) is 0 Å². The molecule has 102 valence electrons. The van der Waals surface area contributed by atoms with Gasteiger partial charge in [0.1, 0.15) is 0 Å². The number of anilines is 1. The van der Waals surface area contributed by atoms with E-state index in [2.05, 4.69) is 10.4 Å². The Morgan fingerprint density at radius 2 is 1.84 bits per heavy atom. The second-order valence-electron chi connectivity index (χ2n) is 4.09. The van der Waals surface area contributed by atoms with Crippen molar-refractivity contribution >= 4 is 5.69 Å². The summed E-state index contributed by atoms with van der Waals surface area (Å²) < 4.78 is 38.9. The van der Waals surface area contributed by atoms with Crippen LogP contribution in [0.25, 0.3) is 0 Å². The zero-order valence-corrected chi connectivity index (χ0v) is 10.4. The van der Waals surface area contributed by atoms with Gasteiger partial charge in [0.25, 0.3) is 0 Å². The van der Waals surface area contributed by atoms with E-state index in [1.165, 1.54) is 12.1 Å². The molecule has 0 aliphatic heterocycles. The highest BCUT2D eigenvalue weighted by Crippen LogP contribution is 2.29. The molecule has 0 radical (unpaired) electrons. The average Bonchev–Trinajstić information content (AvgIpc) is 2.84. The predicted octanol–water partition coefficient (Wildman–Crippen LogP) is 3.53. The maximum atomic E-state index is 12.4. The van der Waals surface area contributed by atoms with Crippen LogP contribution in [-0.2, 0) is 19.3 Å². The van der Waals surface area contributed by atoms with E-state index >= 15 is 0 Å². The van der Waals surface area contributed by atoms with Crippen molar-refractivity contribution in [2.45, 2.75) is 26.2 Å². The standard InChI is InChI=1S/C13H14F3N3/c1-2-19-8-7-12(18-19)9-17-11-5-3-10(4-6-11)13(14,15)16/h3-8,17H,2,9H2,1H3. The van der Waals surface area contributed by atoms with Crippen LogP contribution in [0, 0.1) is 0 Å². The zero-order chi connectivity index (χ0) is 13.9. The van der Waals surface area contributed by atoms with Gasteiger partial charge in [-0.1, -0.05) is 0 Å². The van der Waals surface area contributed by atoms with E-state index in [-0.39, 0.29) is 0 Å². The predicted molar refractivity (Wildman–Crippen MR) is 66.7 cm³/mol. The van der Waals surface area contributed by atoms with Crippen molar-refractivity contribution in [3.8, 4) is 0 Å². The third-order valence-electron chi connectivity index (χ3n) is 2.71. The van der Waals surface area contributed by atoms with Crippen LogP contribution in [0.4, 0.5) is 18.9 Å². The second-order valence-corrected chi connectivity index (χ2v) is 4.09. The van der Waals surface area contributed by atoms with E-state index in [1.54, 1.807) is 4.68 Å². The van der Waals surface area contributed by atoms with E-state index in [9.17, 15) is 13.2 Å². The molecule has 0 aliphatic carbocycles.